The predicted octanol–water partition coefficient (Wildman–Crippen LogP) is 2.58. The van der Waals surface area contributed by atoms with Gasteiger partial charge >= 0.3 is 0 Å². The van der Waals surface area contributed by atoms with E-state index in [2.05, 4.69) is 25.7 Å². The molecule has 1 unspecified atom stereocenters. The third kappa shape index (κ3) is 4.23. The molecule has 0 spiro atoms. The second-order valence-corrected chi connectivity index (χ2v) is 6.67. The van der Waals surface area contributed by atoms with Crippen LogP contribution < -0.4 is 15.0 Å². The number of halogens is 1. The van der Waals surface area contributed by atoms with E-state index in [0.717, 1.165) is 5.69 Å². The molecular formula is C19H21ClN6O2. The SMILES string of the molecule is COc1cc(-n2cnnn2)c(Cl)cc1C(=O)NCC(C)N(C)c1ccccc1. The largest absolute Gasteiger partial charge is 0.496 e. The van der Waals surface area contributed by atoms with Crippen LogP contribution in [0, 0.1) is 0 Å². The van der Waals surface area contributed by atoms with Crippen LogP contribution >= 0.6 is 11.6 Å². The van der Waals surface area contributed by atoms with Crippen molar-refractivity contribution in [1.82, 2.24) is 25.5 Å². The number of likely N-dealkylation sites (N-methyl/N-ethyl adjacent to an activating group) is 1. The summed E-state index contributed by atoms with van der Waals surface area (Å²) in [5.41, 5.74) is 1.95. The second-order valence-electron chi connectivity index (χ2n) is 6.26. The van der Waals surface area contributed by atoms with Gasteiger partial charge in [-0.05, 0) is 35.5 Å². The molecule has 8 nitrogen and oxygen atoms in total. The monoisotopic (exact) mass is 400 g/mol. The van der Waals surface area contributed by atoms with Crippen molar-refractivity contribution in [2.75, 3.05) is 25.6 Å². The minimum Gasteiger partial charge on any atom is -0.496 e. The minimum absolute atomic E-state index is 0.0910. The van der Waals surface area contributed by atoms with Gasteiger partial charge in [0.05, 0.1) is 23.4 Å². The van der Waals surface area contributed by atoms with Crippen LogP contribution in [0.3, 0.4) is 0 Å². The predicted molar refractivity (Wildman–Crippen MR) is 107 cm³/mol. The number of rotatable bonds is 7. The van der Waals surface area contributed by atoms with Crippen molar-refractivity contribution in [2.24, 2.45) is 0 Å². The van der Waals surface area contributed by atoms with Crippen LogP contribution in [0.1, 0.15) is 17.3 Å². The number of carbonyl (C=O) groups excluding carboxylic acids is 1. The normalized spacial score (nSPS) is 11.7. The molecule has 0 aliphatic carbocycles. The highest BCUT2D eigenvalue weighted by molar-refractivity contribution is 6.33. The maximum atomic E-state index is 12.7. The first-order valence-electron chi connectivity index (χ1n) is 8.68. The molecule has 1 atom stereocenters. The number of ether oxygens (including phenoxy) is 1. The summed E-state index contributed by atoms with van der Waals surface area (Å²) in [7, 11) is 3.49. The van der Waals surface area contributed by atoms with E-state index in [1.54, 1.807) is 12.1 Å². The fourth-order valence-electron chi connectivity index (χ4n) is 2.73. The summed E-state index contributed by atoms with van der Waals surface area (Å²) in [6.07, 6.45) is 1.42. The molecule has 0 fully saturated rings. The average Bonchev–Trinajstić information content (AvgIpc) is 3.26. The molecule has 3 rings (SSSR count). The number of para-hydroxylation sites is 1. The Hall–Kier alpha value is -3.13. The molecule has 0 saturated carbocycles. The highest BCUT2D eigenvalue weighted by atomic mass is 35.5. The zero-order valence-electron chi connectivity index (χ0n) is 15.8. The zero-order chi connectivity index (χ0) is 20.1. The average molecular weight is 401 g/mol. The van der Waals surface area contributed by atoms with Gasteiger partial charge in [-0.2, -0.15) is 4.68 Å². The van der Waals surface area contributed by atoms with Gasteiger partial charge in [0.25, 0.3) is 5.91 Å². The molecule has 1 aromatic heterocycles. The molecule has 1 amide bonds. The van der Waals surface area contributed by atoms with Gasteiger partial charge in [0, 0.05) is 31.4 Å². The van der Waals surface area contributed by atoms with Gasteiger partial charge in [-0.15, -0.1) is 5.10 Å². The van der Waals surface area contributed by atoms with E-state index in [1.807, 2.05) is 44.3 Å². The molecule has 0 radical (unpaired) electrons. The van der Waals surface area contributed by atoms with Crippen molar-refractivity contribution in [3.63, 3.8) is 0 Å². The highest BCUT2D eigenvalue weighted by Gasteiger charge is 2.19. The van der Waals surface area contributed by atoms with Gasteiger partial charge in [-0.3, -0.25) is 4.79 Å². The lowest BCUT2D eigenvalue weighted by Gasteiger charge is -2.27. The number of methoxy groups -OCH3 is 1. The van der Waals surface area contributed by atoms with E-state index in [9.17, 15) is 4.79 Å². The van der Waals surface area contributed by atoms with E-state index in [0.29, 0.717) is 28.6 Å². The van der Waals surface area contributed by atoms with E-state index >= 15 is 0 Å². The van der Waals surface area contributed by atoms with Crippen LogP contribution in [0.4, 0.5) is 5.69 Å². The number of nitrogens with one attached hydrogen (secondary N) is 1. The fraction of sp³-hybridized carbons (Fsp3) is 0.263. The Labute approximate surface area is 168 Å². The molecule has 0 saturated heterocycles. The number of hydrogen-bond acceptors (Lipinski definition) is 6. The van der Waals surface area contributed by atoms with E-state index in [1.165, 1.54) is 18.1 Å². The van der Waals surface area contributed by atoms with Crippen LogP contribution in [-0.2, 0) is 0 Å². The fourth-order valence-corrected chi connectivity index (χ4v) is 2.98. The lowest BCUT2D eigenvalue weighted by Crippen LogP contribution is -2.40. The number of hydrogen-bond donors (Lipinski definition) is 1. The molecule has 3 aromatic rings. The van der Waals surface area contributed by atoms with Gasteiger partial charge in [0.2, 0.25) is 0 Å². The van der Waals surface area contributed by atoms with E-state index in [-0.39, 0.29) is 11.9 Å². The lowest BCUT2D eigenvalue weighted by atomic mass is 10.1. The summed E-state index contributed by atoms with van der Waals surface area (Å²) < 4.78 is 6.78. The van der Waals surface area contributed by atoms with E-state index in [4.69, 9.17) is 16.3 Å². The number of amides is 1. The second kappa shape index (κ2) is 8.71. The first-order chi connectivity index (χ1) is 13.5. The Morgan fingerprint density at radius 1 is 1.32 bits per heavy atom. The molecule has 1 N–H and O–H groups in total. The molecule has 0 aliphatic rings. The van der Waals surface area contributed by atoms with Crippen LogP contribution in [0.5, 0.6) is 5.75 Å². The van der Waals surface area contributed by atoms with Crippen molar-refractivity contribution in [3.05, 3.63) is 59.4 Å². The number of anilines is 1. The maximum absolute atomic E-state index is 12.7. The summed E-state index contributed by atoms with van der Waals surface area (Å²) in [6, 6.07) is 13.3. The summed E-state index contributed by atoms with van der Waals surface area (Å²) in [6.45, 7) is 2.50. The van der Waals surface area contributed by atoms with Crippen LogP contribution in [-0.4, -0.2) is 52.9 Å². The zero-order valence-corrected chi connectivity index (χ0v) is 16.6. The lowest BCUT2D eigenvalue weighted by molar-refractivity contribution is 0.0948. The highest BCUT2D eigenvalue weighted by Crippen LogP contribution is 2.29. The number of carbonyl (C=O) groups is 1. The standard InChI is InChI=1S/C19H21ClN6O2/c1-13(25(2)14-7-5-4-6-8-14)11-21-19(27)15-9-16(20)17(10-18(15)28-3)26-12-22-23-24-26/h4-10,12-13H,11H2,1-3H3,(H,21,27). The molecule has 28 heavy (non-hydrogen) atoms. The Morgan fingerprint density at radius 3 is 2.71 bits per heavy atom. The van der Waals surface area contributed by atoms with Crippen LogP contribution in [0.2, 0.25) is 5.02 Å². The van der Waals surface area contributed by atoms with Crippen molar-refractivity contribution < 1.29 is 9.53 Å². The topological polar surface area (TPSA) is 85.2 Å². The Morgan fingerprint density at radius 2 is 2.07 bits per heavy atom. The first kappa shape index (κ1) is 19.6. The molecule has 146 valence electrons. The Kier molecular flexibility index (Phi) is 6.10. The molecule has 0 bridgehead atoms. The number of nitrogens with zero attached hydrogens (tertiary/aromatic N) is 5. The minimum atomic E-state index is -0.268. The van der Waals surface area contributed by atoms with Crippen LogP contribution in [0.15, 0.2) is 48.8 Å². The Balaban J connectivity index is 1.73. The number of benzene rings is 2. The van der Waals surface area contributed by atoms with Crippen molar-refractivity contribution in [3.8, 4) is 11.4 Å². The number of aromatic nitrogens is 4. The molecule has 2 aromatic carbocycles. The summed E-state index contributed by atoms with van der Waals surface area (Å²) in [4.78, 5) is 14.8. The van der Waals surface area contributed by atoms with Crippen LogP contribution in [0.25, 0.3) is 5.69 Å². The third-order valence-corrected chi connectivity index (χ3v) is 4.79. The molecular weight excluding hydrogens is 380 g/mol. The molecule has 9 heteroatoms. The van der Waals surface area contributed by atoms with Gasteiger partial charge in [0.1, 0.15) is 12.1 Å². The Bertz CT molecular complexity index is 933. The van der Waals surface area contributed by atoms with E-state index < -0.39 is 0 Å². The van der Waals surface area contributed by atoms with Crippen molar-refractivity contribution in [1.29, 1.82) is 0 Å². The van der Waals surface area contributed by atoms with Gasteiger partial charge in [0.15, 0.2) is 0 Å². The van der Waals surface area contributed by atoms with Gasteiger partial charge in [-0.1, -0.05) is 29.8 Å². The first-order valence-corrected chi connectivity index (χ1v) is 9.06. The van der Waals surface area contributed by atoms with Gasteiger partial charge < -0.3 is 15.0 Å². The third-order valence-electron chi connectivity index (χ3n) is 4.49. The van der Waals surface area contributed by atoms with Crippen molar-refractivity contribution in [2.45, 2.75) is 13.0 Å². The smallest absolute Gasteiger partial charge is 0.255 e. The summed E-state index contributed by atoms with van der Waals surface area (Å²) in [5.74, 6) is 0.117. The van der Waals surface area contributed by atoms with Gasteiger partial charge in [-0.25, -0.2) is 0 Å². The van der Waals surface area contributed by atoms with Crippen molar-refractivity contribution >= 4 is 23.2 Å². The summed E-state index contributed by atoms with van der Waals surface area (Å²) in [5, 5.41) is 14.3. The number of tetrazole rings is 1. The molecule has 1 heterocycles. The summed E-state index contributed by atoms with van der Waals surface area (Å²) >= 11 is 6.33. The molecule has 0 aliphatic heterocycles. The maximum Gasteiger partial charge on any atom is 0.255 e. The quantitative estimate of drug-likeness (QED) is 0.656.